The highest BCUT2D eigenvalue weighted by atomic mass is 79.9. The molecule has 1 heterocycles. The Morgan fingerprint density at radius 2 is 2.07 bits per heavy atom. The van der Waals surface area contributed by atoms with Gasteiger partial charge in [-0.25, -0.2) is 4.98 Å². The number of hydrogen-bond donors (Lipinski definition) is 1. The minimum Gasteiger partial charge on any atom is -0.342 e. The molecule has 0 atom stereocenters. The fourth-order valence-corrected chi connectivity index (χ4v) is 1.64. The van der Waals surface area contributed by atoms with E-state index in [4.69, 9.17) is 0 Å². The molecule has 1 aromatic heterocycles. The van der Waals surface area contributed by atoms with Crippen molar-refractivity contribution in [1.82, 2.24) is 9.97 Å². The number of aromatic amines is 1. The molecule has 0 fully saturated rings. The van der Waals surface area contributed by atoms with E-state index in [1.165, 1.54) is 0 Å². The van der Waals surface area contributed by atoms with Gasteiger partial charge in [-0.15, -0.1) is 17.0 Å². The topological polar surface area (TPSA) is 28.7 Å². The van der Waals surface area contributed by atoms with Crippen LogP contribution in [0, 0.1) is 0 Å². The summed E-state index contributed by atoms with van der Waals surface area (Å²) in [7, 11) is 0. The van der Waals surface area contributed by atoms with E-state index in [0.717, 1.165) is 35.0 Å². The number of benzene rings is 1. The van der Waals surface area contributed by atoms with Gasteiger partial charge in [0.2, 0.25) is 0 Å². The number of halogens is 2. The van der Waals surface area contributed by atoms with Crippen LogP contribution in [0.3, 0.4) is 0 Å². The molecule has 0 radical (unpaired) electrons. The second-order valence-corrected chi connectivity index (χ2v) is 3.79. The van der Waals surface area contributed by atoms with Gasteiger partial charge in [0.05, 0.1) is 11.0 Å². The van der Waals surface area contributed by atoms with E-state index in [-0.39, 0.29) is 17.0 Å². The average Bonchev–Trinajstić information content (AvgIpc) is 2.57. The number of rotatable bonds is 3. The number of fused-ring (bicyclic) bond motifs is 1. The maximum Gasteiger partial charge on any atom is 0.107 e. The minimum atomic E-state index is 0. The SMILES string of the molecule is Br.BrCCCc1nc2ccccc2[nH]1. The fraction of sp³-hybridized carbons (Fsp3) is 0.300. The number of alkyl halides is 1. The molecule has 2 nitrogen and oxygen atoms in total. The van der Waals surface area contributed by atoms with Crippen molar-refractivity contribution in [2.24, 2.45) is 0 Å². The standard InChI is InChI=1S/C10H11BrN2.BrH/c11-7-3-6-10-12-8-4-1-2-5-9(8)13-10;/h1-2,4-5H,3,6-7H2,(H,12,13);1H. The molecule has 0 spiro atoms. The lowest BCUT2D eigenvalue weighted by atomic mass is 10.3. The third kappa shape index (κ3) is 2.58. The summed E-state index contributed by atoms with van der Waals surface area (Å²) >= 11 is 3.41. The Bertz CT molecular complexity index is 365. The van der Waals surface area contributed by atoms with Crippen LogP contribution in [-0.4, -0.2) is 15.3 Å². The lowest BCUT2D eigenvalue weighted by Gasteiger charge is -1.90. The summed E-state index contributed by atoms with van der Waals surface area (Å²) in [6.45, 7) is 0. The first kappa shape index (κ1) is 11.7. The molecule has 0 unspecified atom stereocenters. The zero-order valence-corrected chi connectivity index (χ0v) is 11.0. The Morgan fingerprint density at radius 3 is 2.79 bits per heavy atom. The number of para-hydroxylation sites is 2. The first-order chi connectivity index (χ1) is 6.40. The lowest BCUT2D eigenvalue weighted by Crippen LogP contribution is -1.87. The van der Waals surface area contributed by atoms with E-state index in [1.807, 2.05) is 18.2 Å². The quantitative estimate of drug-likeness (QED) is 0.862. The van der Waals surface area contributed by atoms with Gasteiger partial charge in [0.15, 0.2) is 0 Å². The number of nitrogens with zero attached hydrogens (tertiary/aromatic N) is 1. The molecule has 1 N–H and O–H groups in total. The largest absolute Gasteiger partial charge is 0.342 e. The van der Waals surface area contributed by atoms with Crippen LogP contribution < -0.4 is 0 Å². The molecule has 4 heteroatoms. The van der Waals surface area contributed by atoms with Crippen LogP contribution in [0.15, 0.2) is 24.3 Å². The van der Waals surface area contributed by atoms with Gasteiger partial charge in [-0.2, -0.15) is 0 Å². The molecule has 0 bridgehead atoms. The monoisotopic (exact) mass is 318 g/mol. The number of aryl methyl sites for hydroxylation is 1. The maximum atomic E-state index is 4.47. The van der Waals surface area contributed by atoms with E-state index >= 15 is 0 Å². The first-order valence-electron chi connectivity index (χ1n) is 4.40. The summed E-state index contributed by atoms with van der Waals surface area (Å²) in [5, 5.41) is 1.03. The Morgan fingerprint density at radius 1 is 1.29 bits per heavy atom. The van der Waals surface area contributed by atoms with Crippen molar-refractivity contribution < 1.29 is 0 Å². The molecule has 14 heavy (non-hydrogen) atoms. The molecule has 2 rings (SSSR count). The average molecular weight is 320 g/mol. The van der Waals surface area contributed by atoms with Crippen molar-refractivity contribution >= 4 is 43.9 Å². The van der Waals surface area contributed by atoms with Gasteiger partial charge in [0.25, 0.3) is 0 Å². The normalized spacial score (nSPS) is 10.1. The van der Waals surface area contributed by atoms with Crippen LogP contribution in [0.1, 0.15) is 12.2 Å². The van der Waals surface area contributed by atoms with Crippen molar-refractivity contribution in [3.63, 3.8) is 0 Å². The third-order valence-corrected chi connectivity index (χ3v) is 2.55. The fourth-order valence-electron chi connectivity index (χ4n) is 1.36. The molecule has 0 aliphatic heterocycles. The molecular formula is C10H12Br2N2. The zero-order chi connectivity index (χ0) is 9.10. The van der Waals surface area contributed by atoms with E-state index in [0.29, 0.717) is 0 Å². The number of nitrogens with one attached hydrogen (secondary N) is 1. The molecule has 0 amide bonds. The smallest absolute Gasteiger partial charge is 0.107 e. The predicted molar refractivity (Wildman–Crippen MR) is 68.5 cm³/mol. The highest BCUT2D eigenvalue weighted by Gasteiger charge is 2.00. The van der Waals surface area contributed by atoms with Crippen molar-refractivity contribution in [2.75, 3.05) is 5.33 Å². The van der Waals surface area contributed by atoms with Crippen LogP contribution >= 0.6 is 32.9 Å². The van der Waals surface area contributed by atoms with Crippen LogP contribution in [0.5, 0.6) is 0 Å². The van der Waals surface area contributed by atoms with Gasteiger partial charge in [-0.3, -0.25) is 0 Å². The summed E-state index contributed by atoms with van der Waals surface area (Å²) in [6.07, 6.45) is 2.14. The van der Waals surface area contributed by atoms with Crippen molar-refractivity contribution in [3.05, 3.63) is 30.1 Å². The van der Waals surface area contributed by atoms with Crippen LogP contribution in [0.2, 0.25) is 0 Å². The van der Waals surface area contributed by atoms with Gasteiger partial charge < -0.3 is 4.98 Å². The Labute approximate surface area is 102 Å². The molecule has 76 valence electrons. The Hall–Kier alpha value is -0.350. The van der Waals surface area contributed by atoms with Gasteiger partial charge in [-0.1, -0.05) is 28.1 Å². The van der Waals surface area contributed by atoms with Gasteiger partial charge >= 0.3 is 0 Å². The predicted octanol–water partition coefficient (Wildman–Crippen LogP) is 3.47. The van der Waals surface area contributed by atoms with E-state index < -0.39 is 0 Å². The molecule has 0 saturated heterocycles. The first-order valence-corrected chi connectivity index (χ1v) is 5.52. The number of H-pyrrole nitrogens is 1. The minimum absolute atomic E-state index is 0. The highest BCUT2D eigenvalue weighted by molar-refractivity contribution is 9.09. The van der Waals surface area contributed by atoms with Crippen LogP contribution in [0.4, 0.5) is 0 Å². The molecule has 2 aromatic rings. The second-order valence-electron chi connectivity index (χ2n) is 2.99. The lowest BCUT2D eigenvalue weighted by molar-refractivity contribution is 0.874. The highest BCUT2D eigenvalue weighted by Crippen LogP contribution is 2.11. The van der Waals surface area contributed by atoms with Crippen molar-refractivity contribution in [3.8, 4) is 0 Å². The van der Waals surface area contributed by atoms with Crippen LogP contribution in [-0.2, 0) is 6.42 Å². The number of hydrogen-bond acceptors (Lipinski definition) is 1. The number of aromatic nitrogens is 2. The van der Waals surface area contributed by atoms with E-state index in [9.17, 15) is 0 Å². The van der Waals surface area contributed by atoms with Crippen molar-refractivity contribution in [2.45, 2.75) is 12.8 Å². The van der Waals surface area contributed by atoms with Gasteiger partial charge in [0, 0.05) is 11.8 Å². The zero-order valence-electron chi connectivity index (χ0n) is 7.66. The Kier molecular flexibility index (Phi) is 4.62. The van der Waals surface area contributed by atoms with Gasteiger partial charge in [-0.05, 0) is 18.6 Å². The van der Waals surface area contributed by atoms with Crippen LogP contribution in [0.25, 0.3) is 11.0 Å². The van der Waals surface area contributed by atoms with Crippen molar-refractivity contribution in [1.29, 1.82) is 0 Å². The summed E-state index contributed by atoms with van der Waals surface area (Å²) in [5.41, 5.74) is 2.19. The summed E-state index contributed by atoms with van der Waals surface area (Å²) in [6, 6.07) is 8.12. The molecule has 1 aromatic carbocycles. The molecule has 0 aliphatic rings. The number of imidazole rings is 1. The Balaban J connectivity index is 0.000000980. The molecule has 0 aliphatic carbocycles. The third-order valence-electron chi connectivity index (χ3n) is 1.99. The maximum absolute atomic E-state index is 4.47. The summed E-state index contributed by atoms with van der Waals surface area (Å²) in [5.74, 6) is 1.08. The second kappa shape index (κ2) is 5.51. The summed E-state index contributed by atoms with van der Waals surface area (Å²) in [4.78, 5) is 7.77. The van der Waals surface area contributed by atoms with Gasteiger partial charge in [0.1, 0.15) is 5.82 Å². The molecular weight excluding hydrogens is 308 g/mol. The summed E-state index contributed by atoms with van der Waals surface area (Å²) < 4.78 is 0. The van der Waals surface area contributed by atoms with E-state index in [2.05, 4.69) is 32.0 Å². The van der Waals surface area contributed by atoms with E-state index in [1.54, 1.807) is 0 Å². The molecule has 0 saturated carbocycles.